The number of carboxylic acids is 1. The summed E-state index contributed by atoms with van der Waals surface area (Å²) in [6.45, 7) is 3.44. The fourth-order valence-electron chi connectivity index (χ4n) is 0.636. The Morgan fingerprint density at radius 2 is 2.36 bits per heavy atom. The summed E-state index contributed by atoms with van der Waals surface area (Å²) in [5.41, 5.74) is 0. The van der Waals surface area contributed by atoms with E-state index in [1.165, 1.54) is 6.08 Å². The van der Waals surface area contributed by atoms with Gasteiger partial charge in [-0.1, -0.05) is 6.08 Å². The summed E-state index contributed by atoms with van der Waals surface area (Å²) < 4.78 is 0. The van der Waals surface area contributed by atoms with Gasteiger partial charge in [0.25, 0.3) is 0 Å². The number of aliphatic carboxylic acids is 1. The van der Waals surface area contributed by atoms with E-state index in [-0.39, 0.29) is 12.5 Å². The second kappa shape index (κ2) is 5.46. The molecule has 0 spiro atoms. The van der Waals surface area contributed by atoms with E-state index < -0.39 is 5.97 Å². The minimum absolute atomic E-state index is 0.0392. The van der Waals surface area contributed by atoms with Gasteiger partial charge in [0.1, 0.15) is 0 Å². The third-order valence-electron chi connectivity index (χ3n) is 1.24. The molecule has 62 valence electrons. The third-order valence-corrected chi connectivity index (χ3v) is 1.24. The molecule has 4 nitrogen and oxygen atoms in total. The normalized spacial score (nSPS) is 11.6. The SMILES string of the molecule is C=CC(CCC(=O)O)NC=O. The molecule has 0 fully saturated rings. The lowest BCUT2D eigenvalue weighted by atomic mass is 10.1. The maximum Gasteiger partial charge on any atom is 0.303 e. The number of carboxylic acid groups (broad SMARTS) is 1. The number of amides is 1. The van der Waals surface area contributed by atoms with Gasteiger partial charge >= 0.3 is 5.97 Å². The first-order valence-corrected chi connectivity index (χ1v) is 3.24. The highest BCUT2D eigenvalue weighted by atomic mass is 16.4. The molecule has 1 unspecified atom stereocenters. The highest BCUT2D eigenvalue weighted by Crippen LogP contribution is 1.96. The third kappa shape index (κ3) is 5.14. The van der Waals surface area contributed by atoms with Crippen molar-refractivity contribution >= 4 is 12.4 Å². The molecule has 0 aliphatic heterocycles. The van der Waals surface area contributed by atoms with Crippen molar-refractivity contribution in [3.8, 4) is 0 Å². The zero-order chi connectivity index (χ0) is 8.69. The topological polar surface area (TPSA) is 66.4 Å². The van der Waals surface area contributed by atoms with E-state index in [0.29, 0.717) is 12.8 Å². The molecule has 1 atom stereocenters. The van der Waals surface area contributed by atoms with Crippen LogP contribution in [0.25, 0.3) is 0 Å². The van der Waals surface area contributed by atoms with Gasteiger partial charge in [0.2, 0.25) is 6.41 Å². The molecule has 2 N–H and O–H groups in total. The minimum Gasteiger partial charge on any atom is -0.481 e. The summed E-state index contributed by atoms with van der Waals surface area (Å²) in [6, 6.07) is -0.233. The molecule has 1 amide bonds. The van der Waals surface area contributed by atoms with Gasteiger partial charge in [-0.25, -0.2) is 0 Å². The fraction of sp³-hybridized carbons (Fsp3) is 0.429. The van der Waals surface area contributed by atoms with Crippen molar-refractivity contribution in [3.63, 3.8) is 0 Å². The Bertz CT molecular complexity index is 156. The Morgan fingerprint density at radius 1 is 1.73 bits per heavy atom. The van der Waals surface area contributed by atoms with Gasteiger partial charge in [0.05, 0.1) is 0 Å². The molecule has 11 heavy (non-hydrogen) atoms. The second-order valence-electron chi connectivity index (χ2n) is 2.06. The molecule has 0 aliphatic carbocycles. The molecule has 0 rings (SSSR count). The first kappa shape index (κ1) is 9.68. The zero-order valence-electron chi connectivity index (χ0n) is 6.12. The van der Waals surface area contributed by atoms with Gasteiger partial charge in [-0.3, -0.25) is 9.59 Å². The fourth-order valence-corrected chi connectivity index (χ4v) is 0.636. The van der Waals surface area contributed by atoms with Crippen LogP contribution in [0.15, 0.2) is 12.7 Å². The van der Waals surface area contributed by atoms with Crippen LogP contribution in [0, 0.1) is 0 Å². The van der Waals surface area contributed by atoms with Crippen molar-refractivity contribution in [2.45, 2.75) is 18.9 Å². The van der Waals surface area contributed by atoms with E-state index in [9.17, 15) is 9.59 Å². The summed E-state index contributed by atoms with van der Waals surface area (Å²) in [6.07, 6.45) is 2.47. The van der Waals surface area contributed by atoms with Crippen molar-refractivity contribution in [3.05, 3.63) is 12.7 Å². The van der Waals surface area contributed by atoms with Crippen molar-refractivity contribution < 1.29 is 14.7 Å². The molecule has 0 aromatic heterocycles. The Labute approximate surface area is 64.9 Å². The number of rotatable bonds is 6. The van der Waals surface area contributed by atoms with Crippen molar-refractivity contribution in [2.24, 2.45) is 0 Å². The lowest BCUT2D eigenvalue weighted by molar-refractivity contribution is -0.137. The number of hydrogen-bond donors (Lipinski definition) is 2. The Kier molecular flexibility index (Phi) is 4.81. The summed E-state index contributed by atoms with van der Waals surface area (Å²) in [7, 11) is 0. The Hall–Kier alpha value is -1.32. The second-order valence-corrected chi connectivity index (χ2v) is 2.06. The average Bonchev–Trinajstić information content (AvgIpc) is 1.97. The van der Waals surface area contributed by atoms with E-state index in [0.717, 1.165) is 0 Å². The molecule has 0 aromatic carbocycles. The van der Waals surface area contributed by atoms with E-state index in [1.54, 1.807) is 0 Å². The smallest absolute Gasteiger partial charge is 0.303 e. The molecule has 4 heteroatoms. The lowest BCUT2D eigenvalue weighted by Crippen LogP contribution is -2.25. The Balaban J connectivity index is 3.59. The van der Waals surface area contributed by atoms with Crippen LogP contribution in [-0.4, -0.2) is 23.5 Å². The standard InChI is InChI=1S/C7H11NO3/c1-2-6(8-5-9)3-4-7(10)11/h2,5-6H,1,3-4H2,(H,8,9)(H,10,11). The van der Waals surface area contributed by atoms with Crippen LogP contribution in [0.2, 0.25) is 0 Å². The van der Waals surface area contributed by atoms with E-state index in [4.69, 9.17) is 5.11 Å². The molecule has 0 bridgehead atoms. The number of nitrogens with one attached hydrogen (secondary N) is 1. The average molecular weight is 157 g/mol. The minimum atomic E-state index is -0.871. The maximum atomic E-state index is 10.1. The molecule has 0 aromatic rings. The van der Waals surface area contributed by atoms with Crippen molar-refractivity contribution in [2.75, 3.05) is 0 Å². The highest BCUT2D eigenvalue weighted by molar-refractivity contribution is 5.66. The van der Waals surface area contributed by atoms with Gasteiger partial charge in [0, 0.05) is 12.5 Å². The van der Waals surface area contributed by atoms with Crippen LogP contribution in [0.4, 0.5) is 0 Å². The molecule has 0 saturated carbocycles. The molecule has 0 saturated heterocycles. The number of carbonyl (C=O) groups is 2. The van der Waals surface area contributed by atoms with Crippen molar-refractivity contribution in [1.29, 1.82) is 0 Å². The van der Waals surface area contributed by atoms with Gasteiger partial charge < -0.3 is 10.4 Å². The predicted molar refractivity (Wildman–Crippen MR) is 40.1 cm³/mol. The van der Waals surface area contributed by atoms with Crippen LogP contribution >= 0.6 is 0 Å². The van der Waals surface area contributed by atoms with Crippen LogP contribution in [0.3, 0.4) is 0 Å². The van der Waals surface area contributed by atoms with Crippen LogP contribution in [-0.2, 0) is 9.59 Å². The van der Waals surface area contributed by atoms with E-state index in [2.05, 4.69) is 11.9 Å². The summed E-state index contributed by atoms with van der Waals surface area (Å²) in [5, 5.41) is 10.7. The Morgan fingerprint density at radius 3 is 2.73 bits per heavy atom. The number of hydrogen-bond acceptors (Lipinski definition) is 2. The van der Waals surface area contributed by atoms with Crippen LogP contribution in [0.5, 0.6) is 0 Å². The summed E-state index contributed by atoms with van der Waals surface area (Å²) in [5.74, 6) is -0.871. The molecule has 0 radical (unpaired) electrons. The van der Waals surface area contributed by atoms with Gasteiger partial charge in [-0.2, -0.15) is 0 Å². The first-order valence-electron chi connectivity index (χ1n) is 3.24. The molecular weight excluding hydrogens is 146 g/mol. The summed E-state index contributed by atoms with van der Waals surface area (Å²) >= 11 is 0. The van der Waals surface area contributed by atoms with E-state index in [1.807, 2.05) is 0 Å². The molecule has 0 aliphatic rings. The van der Waals surface area contributed by atoms with Crippen LogP contribution < -0.4 is 5.32 Å². The molecular formula is C7H11NO3. The maximum absolute atomic E-state index is 10.1. The van der Waals surface area contributed by atoms with Crippen molar-refractivity contribution in [1.82, 2.24) is 5.32 Å². The lowest BCUT2D eigenvalue weighted by Gasteiger charge is -2.07. The first-order chi connectivity index (χ1) is 5.20. The highest BCUT2D eigenvalue weighted by Gasteiger charge is 2.04. The monoisotopic (exact) mass is 157 g/mol. The molecule has 0 heterocycles. The predicted octanol–water partition coefficient (Wildman–Crippen LogP) is 0.152. The number of carbonyl (C=O) groups excluding carboxylic acids is 1. The largest absolute Gasteiger partial charge is 0.481 e. The van der Waals surface area contributed by atoms with E-state index >= 15 is 0 Å². The van der Waals surface area contributed by atoms with Gasteiger partial charge in [0.15, 0.2) is 0 Å². The zero-order valence-corrected chi connectivity index (χ0v) is 6.12. The van der Waals surface area contributed by atoms with Crippen LogP contribution in [0.1, 0.15) is 12.8 Å². The van der Waals surface area contributed by atoms with Gasteiger partial charge in [-0.05, 0) is 6.42 Å². The summed E-state index contributed by atoms with van der Waals surface area (Å²) in [4.78, 5) is 20.0. The van der Waals surface area contributed by atoms with Gasteiger partial charge in [-0.15, -0.1) is 6.58 Å². The quantitative estimate of drug-likeness (QED) is 0.426.